The molecule has 1 aliphatic rings. The molecule has 0 radical (unpaired) electrons. The van der Waals surface area contributed by atoms with Crippen LogP contribution in [0.25, 0.3) is 0 Å². The van der Waals surface area contributed by atoms with Crippen LogP contribution in [0.4, 0.5) is 5.69 Å². The highest BCUT2D eigenvalue weighted by Crippen LogP contribution is 2.21. The average molecular weight is 350 g/mol. The van der Waals surface area contributed by atoms with Crippen LogP contribution in [0.5, 0.6) is 0 Å². The number of carboxylic acid groups (broad SMARTS) is 1. The third-order valence-corrected chi connectivity index (χ3v) is 4.02. The van der Waals surface area contributed by atoms with Crippen LogP contribution < -0.4 is 0 Å². The molecule has 1 fully saturated rings. The number of ether oxygens (including phenoxy) is 1. The van der Waals surface area contributed by atoms with E-state index in [0.717, 1.165) is 12.1 Å². The summed E-state index contributed by atoms with van der Waals surface area (Å²) in [6.07, 6.45) is 1.49. The van der Waals surface area contributed by atoms with Gasteiger partial charge in [-0.3, -0.25) is 14.9 Å². The van der Waals surface area contributed by atoms with E-state index < -0.39 is 22.5 Å². The number of carbonyl (C=O) groups excluding carboxylic acids is 1. The van der Waals surface area contributed by atoms with Gasteiger partial charge in [0.2, 0.25) is 0 Å². The van der Waals surface area contributed by atoms with E-state index in [4.69, 9.17) is 9.84 Å². The summed E-state index contributed by atoms with van der Waals surface area (Å²) in [7, 11) is 0. The van der Waals surface area contributed by atoms with Gasteiger partial charge in [0.05, 0.1) is 16.6 Å². The minimum absolute atomic E-state index is 0.0214. The Morgan fingerprint density at radius 3 is 2.40 bits per heavy atom. The van der Waals surface area contributed by atoms with Crippen molar-refractivity contribution in [2.24, 2.45) is 5.92 Å². The molecule has 1 amide bonds. The molecule has 1 heterocycles. The van der Waals surface area contributed by atoms with Gasteiger partial charge < -0.3 is 14.7 Å². The lowest BCUT2D eigenvalue weighted by atomic mass is 10.0. The number of nitro benzene ring substituents is 1. The number of benzene rings is 1. The number of nitro groups is 1. The summed E-state index contributed by atoms with van der Waals surface area (Å²) in [5.74, 6) is -1.26. The fraction of sp³-hybridized carbons (Fsp3) is 0.529. The lowest BCUT2D eigenvalue weighted by Gasteiger charge is -2.32. The number of carboxylic acids is 1. The Balaban J connectivity index is 2.08. The zero-order valence-electron chi connectivity index (χ0n) is 14.3. The van der Waals surface area contributed by atoms with E-state index in [9.17, 15) is 19.7 Å². The summed E-state index contributed by atoms with van der Waals surface area (Å²) in [6.45, 7) is 5.77. The molecule has 1 aromatic carbocycles. The molecule has 0 saturated carbocycles. The Hall–Kier alpha value is -2.48. The molecule has 25 heavy (non-hydrogen) atoms. The molecule has 0 spiro atoms. The number of rotatable bonds is 6. The first kappa shape index (κ1) is 18.9. The summed E-state index contributed by atoms with van der Waals surface area (Å²) in [4.78, 5) is 35.6. The van der Waals surface area contributed by atoms with Crippen LogP contribution in [-0.2, 0) is 4.74 Å². The van der Waals surface area contributed by atoms with Crippen molar-refractivity contribution in [2.45, 2.75) is 32.8 Å². The summed E-state index contributed by atoms with van der Waals surface area (Å²) in [5, 5.41) is 20.1. The number of hydrogen-bond acceptors (Lipinski definition) is 5. The van der Waals surface area contributed by atoms with Gasteiger partial charge in [-0.25, -0.2) is 4.79 Å². The molecule has 1 aliphatic heterocycles. The zero-order chi connectivity index (χ0) is 18.6. The number of aromatic carboxylic acids is 1. The van der Waals surface area contributed by atoms with Gasteiger partial charge in [0.1, 0.15) is 0 Å². The molecule has 0 unspecified atom stereocenters. The number of amides is 1. The largest absolute Gasteiger partial charge is 0.478 e. The van der Waals surface area contributed by atoms with Gasteiger partial charge in [0.15, 0.2) is 0 Å². The van der Waals surface area contributed by atoms with Crippen molar-refractivity contribution in [3.05, 3.63) is 39.4 Å². The van der Waals surface area contributed by atoms with Crippen LogP contribution >= 0.6 is 0 Å². The molecule has 136 valence electrons. The molecule has 8 heteroatoms. The maximum Gasteiger partial charge on any atom is 0.335 e. The van der Waals surface area contributed by atoms with Crippen LogP contribution in [0, 0.1) is 16.0 Å². The number of carbonyl (C=O) groups is 2. The van der Waals surface area contributed by atoms with Gasteiger partial charge in [-0.15, -0.1) is 0 Å². The van der Waals surface area contributed by atoms with Gasteiger partial charge in [-0.05, 0) is 24.8 Å². The fourth-order valence-electron chi connectivity index (χ4n) is 2.70. The molecule has 1 N–H and O–H groups in total. The van der Waals surface area contributed by atoms with E-state index in [0.29, 0.717) is 38.5 Å². The normalized spacial score (nSPS) is 15.4. The average Bonchev–Trinajstić information content (AvgIpc) is 2.59. The van der Waals surface area contributed by atoms with Crippen LogP contribution in [0.2, 0.25) is 0 Å². The molecule has 0 aliphatic carbocycles. The Kier molecular flexibility index (Phi) is 6.08. The molecule has 8 nitrogen and oxygen atoms in total. The van der Waals surface area contributed by atoms with Crippen molar-refractivity contribution in [3.8, 4) is 0 Å². The van der Waals surface area contributed by atoms with Gasteiger partial charge in [-0.2, -0.15) is 0 Å². The zero-order valence-corrected chi connectivity index (χ0v) is 14.3. The molecule has 0 bridgehead atoms. The second-order valence-corrected chi connectivity index (χ2v) is 6.55. The highest BCUT2D eigenvalue weighted by atomic mass is 16.6. The maximum atomic E-state index is 12.6. The van der Waals surface area contributed by atoms with Gasteiger partial charge in [0, 0.05) is 37.4 Å². The van der Waals surface area contributed by atoms with Crippen molar-refractivity contribution in [1.82, 2.24) is 4.90 Å². The molecule has 1 aromatic rings. The van der Waals surface area contributed by atoms with Crippen LogP contribution in [0.15, 0.2) is 18.2 Å². The predicted molar refractivity (Wildman–Crippen MR) is 89.8 cm³/mol. The third-order valence-electron chi connectivity index (χ3n) is 4.02. The van der Waals surface area contributed by atoms with Crippen molar-refractivity contribution < 1.29 is 24.4 Å². The quantitative estimate of drug-likeness (QED) is 0.624. The molecular formula is C17H22N2O6. The first-order valence-electron chi connectivity index (χ1n) is 8.21. The second kappa shape index (κ2) is 8.06. The first-order valence-corrected chi connectivity index (χ1v) is 8.21. The van der Waals surface area contributed by atoms with Crippen molar-refractivity contribution in [1.29, 1.82) is 0 Å². The molecule has 0 aromatic heterocycles. The van der Waals surface area contributed by atoms with Crippen LogP contribution in [0.3, 0.4) is 0 Å². The topological polar surface area (TPSA) is 110 Å². The highest BCUT2D eigenvalue weighted by Gasteiger charge is 2.26. The van der Waals surface area contributed by atoms with Crippen LogP contribution in [-0.4, -0.2) is 52.6 Å². The Morgan fingerprint density at radius 2 is 1.88 bits per heavy atom. The van der Waals surface area contributed by atoms with Gasteiger partial charge in [-0.1, -0.05) is 13.8 Å². The summed E-state index contributed by atoms with van der Waals surface area (Å²) in [5.41, 5.74) is -0.653. The number of nitrogens with zero attached hydrogens (tertiary/aromatic N) is 2. The fourth-order valence-corrected chi connectivity index (χ4v) is 2.70. The monoisotopic (exact) mass is 350 g/mol. The van der Waals surface area contributed by atoms with E-state index in [1.165, 1.54) is 6.07 Å². The lowest BCUT2D eigenvalue weighted by Crippen LogP contribution is -2.41. The number of likely N-dealkylation sites (tertiary alicyclic amines) is 1. The Labute approximate surface area is 145 Å². The summed E-state index contributed by atoms with van der Waals surface area (Å²) < 4.78 is 5.77. The number of non-ortho nitro benzene ring substituents is 1. The SMILES string of the molecule is CC(C)COC1CCN(C(=O)c2cc(C(=O)O)cc([N+](=O)[O-])c2)CC1. The number of hydrogen-bond donors (Lipinski definition) is 1. The molecule has 1 saturated heterocycles. The van der Waals surface area contributed by atoms with E-state index in [1.54, 1.807) is 4.90 Å². The summed E-state index contributed by atoms with van der Waals surface area (Å²) in [6, 6.07) is 3.25. The van der Waals surface area contributed by atoms with E-state index in [-0.39, 0.29) is 17.2 Å². The van der Waals surface area contributed by atoms with E-state index >= 15 is 0 Å². The van der Waals surface area contributed by atoms with Crippen LogP contribution in [0.1, 0.15) is 47.4 Å². The lowest BCUT2D eigenvalue weighted by molar-refractivity contribution is -0.384. The first-order chi connectivity index (χ1) is 11.8. The van der Waals surface area contributed by atoms with Gasteiger partial charge >= 0.3 is 5.97 Å². The highest BCUT2D eigenvalue weighted by molar-refractivity contribution is 5.98. The smallest absolute Gasteiger partial charge is 0.335 e. The third kappa shape index (κ3) is 4.99. The molecular weight excluding hydrogens is 328 g/mol. The molecule has 2 rings (SSSR count). The second-order valence-electron chi connectivity index (χ2n) is 6.55. The van der Waals surface area contributed by atoms with E-state index in [2.05, 4.69) is 13.8 Å². The Morgan fingerprint density at radius 1 is 1.28 bits per heavy atom. The van der Waals surface area contributed by atoms with Crippen molar-refractivity contribution >= 4 is 17.6 Å². The van der Waals surface area contributed by atoms with Crippen molar-refractivity contribution in [2.75, 3.05) is 19.7 Å². The summed E-state index contributed by atoms with van der Waals surface area (Å²) >= 11 is 0. The van der Waals surface area contributed by atoms with E-state index in [1.807, 2.05) is 0 Å². The minimum atomic E-state index is -1.31. The van der Waals surface area contributed by atoms with Crippen molar-refractivity contribution in [3.63, 3.8) is 0 Å². The standard InChI is InChI=1S/C17H22N2O6/c1-11(2)10-25-15-3-5-18(6-4-15)16(20)12-7-13(17(21)22)9-14(8-12)19(23)24/h7-9,11,15H,3-6,10H2,1-2H3,(H,21,22). The minimum Gasteiger partial charge on any atom is -0.478 e. The molecule has 0 atom stereocenters. The maximum absolute atomic E-state index is 12.6. The van der Waals surface area contributed by atoms with Gasteiger partial charge in [0.25, 0.3) is 11.6 Å². The predicted octanol–water partition coefficient (Wildman–Crippen LogP) is 2.57. The number of piperidine rings is 1. The Bertz CT molecular complexity index is 633.